The highest BCUT2D eigenvalue weighted by Crippen LogP contribution is 2.28. The van der Waals surface area contributed by atoms with Gasteiger partial charge in [-0.15, -0.1) is 0 Å². The second kappa shape index (κ2) is 8.26. The van der Waals surface area contributed by atoms with Crippen LogP contribution in [0.15, 0.2) is 41.3 Å². The van der Waals surface area contributed by atoms with Crippen molar-refractivity contribution in [1.29, 1.82) is 0 Å². The smallest absolute Gasteiger partial charge is 0.244 e. The summed E-state index contributed by atoms with van der Waals surface area (Å²) in [6, 6.07) is 9.42. The van der Waals surface area contributed by atoms with E-state index in [9.17, 15) is 13.2 Å². The van der Waals surface area contributed by atoms with E-state index in [1.54, 1.807) is 12.1 Å². The van der Waals surface area contributed by atoms with E-state index in [0.717, 1.165) is 9.87 Å². The topological polar surface area (TPSA) is 75.7 Å². The van der Waals surface area contributed by atoms with Crippen molar-refractivity contribution in [2.75, 3.05) is 26.0 Å². The van der Waals surface area contributed by atoms with Crippen molar-refractivity contribution in [3.05, 3.63) is 52.0 Å². The lowest BCUT2D eigenvalue weighted by Gasteiger charge is -2.18. The second-order valence-corrected chi connectivity index (χ2v) is 8.44. The number of nitrogens with one attached hydrogen (secondary N) is 1. The molecule has 1 N–H and O–H groups in total. The molecule has 0 bridgehead atoms. The van der Waals surface area contributed by atoms with Gasteiger partial charge in [0.25, 0.3) is 0 Å². The predicted octanol–water partition coefficient (Wildman–Crippen LogP) is 3.57. The van der Waals surface area contributed by atoms with Crippen LogP contribution in [0.2, 0.25) is 10.0 Å². The second-order valence-electron chi connectivity index (χ2n) is 5.59. The van der Waals surface area contributed by atoms with Gasteiger partial charge in [0, 0.05) is 12.1 Å². The molecule has 0 fully saturated rings. The van der Waals surface area contributed by atoms with Gasteiger partial charge in [-0.1, -0.05) is 29.3 Å². The van der Waals surface area contributed by atoms with E-state index < -0.39 is 22.5 Å². The Kier molecular flexibility index (Phi) is 6.52. The molecular weight excluding hydrogens is 399 g/mol. The van der Waals surface area contributed by atoms with Crippen LogP contribution in [0, 0.1) is 6.92 Å². The largest absolute Gasteiger partial charge is 0.495 e. The maximum absolute atomic E-state index is 12.6. The molecule has 1 amide bonds. The lowest BCUT2D eigenvalue weighted by atomic mass is 10.2. The number of carbonyl (C=O) groups is 1. The molecule has 0 aliphatic rings. The zero-order valence-electron chi connectivity index (χ0n) is 14.4. The van der Waals surface area contributed by atoms with Crippen LogP contribution in [0.5, 0.6) is 5.75 Å². The molecule has 2 aromatic rings. The number of likely N-dealkylation sites (N-methyl/N-ethyl adjacent to an activating group) is 1. The normalized spacial score (nSPS) is 11.5. The molecule has 0 atom stereocenters. The lowest BCUT2D eigenvalue weighted by Crippen LogP contribution is -2.35. The van der Waals surface area contributed by atoms with Gasteiger partial charge in [-0.2, -0.15) is 4.31 Å². The molecule has 26 heavy (non-hydrogen) atoms. The minimum atomic E-state index is -3.98. The third-order valence-corrected chi connectivity index (χ3v) is 6.10. The number of halogens is 2. The number of hydrogen-bond donors (Lipinski definition) is 1. The summed E-state index contributed by atoms with van der Waals surface area (Å²) in [5.41, 5.74) is 1.39. The number of methoxy groups -OCH3 is 1. The zero-order chi connectivity index (χ0) is 19.5. The highest BCUT2D eigenvalue weighted by atomic mass is 35.5. The number of nitrogens with zero attached hydrogens (tertiary/aromatic N) is 1. The molecule has 0 saturated carbocycles. The highest BCUT2D eigenvalue weighted by Gasteiger charge is 2.26. The van der Waals surface area contributed by atoms with Gasteiger partial charge in [-0.05, 0) is 42.8 Å². The standard InChI is InChI=1S/C17H18Cl2N2O4S/c1-11-4-7-15(25-3)14(8-11)20-17(22)10-21(2)26(23,24)16-9-12(18)5-6-13(16)19/h4-9H,10H2,1-3H3,(H,20,22). The maximum Gasteiger partial charge on any atom is 0.244 e. The fourth-order valence-corrected chi connectivity index (χ4v) is 4.10. The number of carbonyl (C=O) groups excluding carboxylic acids is 1. The van der Waals surface area contributed by atoms with Crippen LogP contribution in [-0.4, -0.2) is 39.3 Å². The van der Waals surface area contributed by atoms with Crippen molar-refractivity contribution < 1.29 is 17.9 Å². The van der Waals surface area contributed by atoms with E-state index in [-0.39, 0.29) is 14.9 Å². The molecule has 0 aliphatic heterocycles. The number of anilines is 1. The number of hydrogen-bond acceptors (Lipinski definition) is 4. The van der Waals surface area contributed by atoms with Crippen LogP contribution >= 0.6 is 23.2 Å². The Morgan fingerprint density at radius 1 is 1.19 bits per heavy atom. The van der Waals surface area contributed by atoms with Gasteiger partial charge in [0.05, 0.1) is 24.4 Å². The number of sulfonamides is 1. The molecular formula is C17H18Cl2N2O4S. The summed E-state index contributed by atoms with van der Waals surface area (Å²) in [5.74, 6) is -0.0366. The van der Waals surface area contributed by atoms with Crippen LogP contribution in [0.4, 0.5) is 5.69 Å². The van der Waals surface area contributed by atoms with E-state index >= 15 is 0 Å². The fraction of sp³-hybridized carbons (Fsp3) is 0.235. The minimum Gasteiger partial charge on any atom is -0.495 e. The van der Waals surface area contributed by atoms with Gasteiger partial charge < -0.3 is 10.1 Å². The summed E-state index contributed by atoms with van der Waals surface area (Å²) >= 11 is 11.8. The molecule has 2 aromatic carbocycles. The van der Waals surface area contributed by atoms with Crippen molar-refractivity contribution >= 4 is 44.8 Å². The van der Waals surface area contributed by atoms with E-state index in [0.29, 0.717) is 11.4 Å². The number of benzene rings is 2. The van der Waals surface area contributed by atoms with Crippen LogP contribution in [-0.2, 0) is 14.8 Å². The summed E-state index contributed by atoms with van der Waals surface area (Å²) in [7, 11) is -1.20. The molecule has 2 rings (SSSR count). The first-order valence-electron chi connectivity index (χ1n) is 7.51. The van der Waals surface area contributed by atoms with Gasteiger partial charge >= 0.3 is 0 Å². The Hall–Kier alpha value is -1.80. The van der Waals surface area contributed by atoms with Crippen molar-refractivity contribution in [3.8, 4) is 5.75 Å². The Bertz CT molecular complexity index is 932. The highest BCUT2D eigenvalue weighted by molar-refractivity contribution is 7.89. The zero-order valence-corrected chi connectivity index (χ0v) is 16.7. The Morgan fingerprint density at radius 3 is 2.54 bits per heavy atom. The van der Waals surface area contributed by atoms with Crippen molar-refractivity contribution in [2.45, 2.75) is 11.8 Å². The van der Waals surface area contributed by atoms with Gasteiger partial charge in [0.1, 0.15) is 10.6 Å². The first kappa shape index (κ1) is 20.5. The first-order valence-corrected chi connectivity index (χ1v) is 9.70. The molecule has 0 unspecified atom stereocenters. The third-order valence-electron chi connectivity index (χ3n) is 3.58. The summed E-state index contributed by atoms with van der Waals surface area (Å²) in [5, 5.41) is 2.92. The van der Waals surface area contributed by atoms with Gasteiger partial charge in [-0.25, -0.2) is 8.42 Å². The lowest BCUT2D eigenvalue weighted by molar-refractivity contribution is -0.116. The average Bonchev–Trinajstić information content (AvgIpc) is 2.57. The number of aryl methyl sites for hydroxylation is 1. The molecule has 0 aromatic heterocycles. The van der Waals surface area contributed by atoms with E-state index in [4.69, 9.17) is 27.9 Å². The molecule has 9 heteroatoms. The maximum atomic E-state index is 12.6. The molecule has 0 saturated heterocycles. The summed E-state index contributed by atoms with van der Waals surface area (Å²) in [6.07, 6.45) is 0. The van der Waals surface area contributed by atoms with Crippen molar-refractivity contribution in [3.63, 3.8) is 0 Å². The third kappa shape index (κ3) is 4.67. The monoisotopic (exact) mass is 416 g/mol. The van der Waals surface area contributed by atoms with E-state index in [2.05, 4.69) is 5.32 Å². The summed E-state index contributed by atoms with van der Waals surface area (Å²) < 4.78 is 31.4. The Morgan fingerprint density at radius 2 is 1.88 bits per heavy atom. The molecule has 0 spiro atoms. The number of rotatable bonds is 6. The predicted molar refractivity (Wildman–Crippen MR) is 103 cm³/mol. The molecule has 0 aliphatic carbocycles. The number of amides is 1. The fourth-order valence-electron chi connectivity index (χ4n) is 2.24. The molecule has 6 nitrogen and oxygen atoms in total. The molecule has 140 valence electrons. The van der Waals surface area contributed by atoms with E-state index in [1.165, 1.54) is 32.4 Å². The number of ether oxygens (including phenoxy) is 1. The minimum absolute atomic E-state index is 0.0296. The quantitative estimate of drug-likeness (QED) is 0.780. The molecule has 0 radical (unpaired) electrons. The average molecular weight is 417 g/mol. The van der Waals surface area contributed by atoms with Crippen LogP contribution < -0.4 is 10.1 Å². The van der Waals surface area contributed by atoms with Crippen molar-refractivity contribution in [2.24, 2.45) is 0 Å². The summed E-state index contributed by atoms with van der Waals surface area (Å²) in [4.78, 5) is 12.1. The Labute approximate surface area is 162 Å². The Balaban J connectivity index is 2.18. The van der Waals surface area contributed by atoms with Crippen LogP contribution in [0.3, 0.4) is 0 Å². The summed E-state index contributed by atoms with van der Waals surface area (Å²) in [6.45, 7) is 1.47. The SMILES string of the molecule is COc1ccc(C)cc1NC(=O)CN(C)S(=O)(=O)c1cc(Cl)ccc1Cl. The van der Waals surface area contributed by atoms with Gasteiger partial charge in [0.15, 0.2) is 0 Å². The first-order chi connectivity index (χ1) is 12.1. The van der Waals surface area contributed by atoms with Crippen LogP contribution in [0.1, 0.15) is 5.56 Å². The van der Waals surface area contributed by atoms with Gasteiger partial charge in [0.2, 0.25) is 15.9 Å². The van der Waals surface area contributed by atoms with Crippen LogP contribution in [0.25, 0.3) is 0 Å². The van der Waals surface area contributed by atoms with Crippen molar-refractivity contribution in [1.82, 2.24) is 4.31 Å². The van der Waals surface area contributed by atoms with Gasteiger partial charge in [-0.3, -0.25) is 4.79 Å². The molecule has 0 heterocycles. The van der Waals surface area contributed by atoms with E-state index in [1.807, 2.05) is 13.0 Å².